The highest BCUT2D eigenvalue weighted by molar-refractivity contribution is 6.30. The van der Waals surface area contributed by atoms with Crippen LogP contribution < -0.4 is 15.4 Å². The number of carbonyl (C=O) groups excluding carboxylic acids is 2. The van der Waals surface area contributed by atoms with Gasteiger partial charge in [-0.1, -0.05) is 23.7 Å². The molecule has 2 N–H and O–H groups in total. The molecule has 5 nitrogen and oxygen atoms in total. The highest BCUT2D eigenvalue weighted by Gasteiger charge is 2.17. The standard InChI is InChI=1S/C19H21ClN2O3/c1-3-25-17-9-7-16(8-10-17)22-19(24)12-18(21-13(2)23)14-5-4-6-15(20)11-14/h4-11,18H,3,12H2,1-2H3,(H,21,23)(H,22,24). The molecule has 0 saturated heterocycles. The molecule has 2 rings (SSSR count). The third-order valence-corrected chi connectivity index (χ3v) is 3.70. The van der Waals surface area contributed by atoms with Crippen LogP contribution in [0.2, 0.25) is 5.02 Å². The van der Waals surface area contributed by atoms with Crippen molar-refractivity contribution in [3.05, 3.63) is 59.1 Å². The van der Waals surface area contributed by atoms with Gasteiger partial charge in [-0.2, -0.15) is 0 Å². The first-order chi connectivity index (χ1) is 12.0. The van der Waals surface area contributed by atoms with Crippen molar-refractivity contribution in [3.63, 3.8) is 0 Å². The number of nitrogens with one attached hydrogen (secondary N) is 2. The zero-order valence-electron chi connectivity index (χ0n) is 14.2. The van der Waals surface area contributed by atoms with Crippen molar-refractivity contribution in [1.29, 1.82) is 0 Å². The second kappa shape index (κ2) is 9.08. The Kier molecular flexibility index (Phi) is 6.83. The maximum atomic E-state index is 12.3. The summed E-state index contributed by atoms with van der Waals surface area (Å²) in [6, 6.07) is 13.8. The lowest BCUT2D eigenvalue weighted by atomic mass is 10.0. The first-order valence-electron chi connectivity index (χ1n) is 8.03. The number of rotatable bonds is 7. The quantitative estimate of drug-likeness (QED) is 0.785. The van der Waals surface area contributed by atoms with E-state index in [2.05, 4.69) is 10.6 Å². The summed E-state index contributed by atoms with van der Waals surface area (Å²) in [5.74, 6) is 0.331. The van der Waals surface area contributed by atoms with Gasteiger partial charge in [-0.25, -0.2) is 0 Å². The van der Waals surface area contributed by atoms with E-state index < -0.39 is 6.04 Å². The molecule has 2 amide bonds. The highest BCUT2D eigenvalue weighted by atomic mass is 35.5. The SMILES string of the molecule is CCOc1ccc(NC(=O)CC(NC(C)=O)c2cccc(Cl)c2)cc1. The fourth-order valence-corrected chi connectivity index (χ4v) is 2.62. The second-order valence-electron chi connectivity index (χ2n) is 5.52. The number of benzene rings is 2. The fourth-order valence-electron chi connectivity index (χ4n) is 2.42. The smallest absolute Gasteiger partial charge is 0.226 e. The molecule has 0 aliphatic heterocycles. The van der Waals surface area contributed by atoms with Gasteiger partial charge in [0.05, 0.1) is 19.1 Å². The Morgan fingerprint density at radius 1 is 1.16 bits per heavy atom. The Bertz CT molecular complexity index is 732. The van der Waals surface area contributed by atoms with Crippen LogP contribution in [0.1, 0.15) is 31.9 Å². The van der Waals surface area contributed by atoms with Gasteiger partial charge in [0.15, 0.2) is 0 Å². The van der Waals surface area contributed by atoms with Crippen LogP contribution in [-0.2, 0) is 9.59 Å². The molecule has 0 aliphatic rings. The third kappa shape index (κ3) is 6.12. The minimum absolute atomic E-state index is 0.104. The Labute approximate surface area is 152 Å². The van der Waals surface area contributed by atoms with Crippen LogP contribution in [0.4, 0.5) is 5.69 Å². The van der Waals surface area contributed by atoms with E-state index >= 15 is 0 Å². The Balaban J connectivity index is 2.04. The Morgan fingerprint density at radius 2 is 1.88 bits per heavy atom. The molecular formula is C19H21ClN2O3. The summed E-state index contributed by atoms with van der Waals surface area (Å²) in [7, 11) is 0. The van der Waals surface area contributed by atoms with E-state index in [0.717, 1.165) is 11.3 Å². The zero-order chi connectivity index (χ0) is 18.2. The predicted octanol–water partition coefficient (Wildman–Crippen LogP) is 3.94. The van der Waals surface area contributed by atoms with Crippen LogP contribution in [0.5, 0.6) is 5.75 Å². The molecular weight excluding hydrogens is 340 g/mol. The van der Waals surface area contributed by atoms with Gasteiger partial charge in [0.1, 0.15) is 5.75 Å². The third-order valence-electron chi connectivity index (χ3n) is 3.47. The van der Waals surface area contributed by atoms with Crippen LogP contribution in [0.3, 0.4) is 0 Å². The average Bonchev–Trinajstić information content (AvgIpc) is 2.56. The number of ether oxygens (including phenoxy) is 1. The minimum atomic E-state index is -0.445. The normalized spacial score (nSPS) is 11.5. The Hall–Kier alpha value is -2.53. The molecule has 1 unspecified atom stereocenters. The summed E-state index contributed by atoms with van der Waals surface area (Å²) in [5, 5.41) is 6.16. The van der Waals surface area contributed by atoms with Crippen LogP contribution in [0.25, 0.3) is 0 Å². The maximum absolute atomic E-state index is 12.3. The van der Waals surface area contributed by atoms with E-state index in [4.69, 9.17) is 16.3 Å². The van der Waals surface area contributed by atoms with Gasteiger partial charge in [-0.05, 0) is 48.9 Å². The van der Waals surface area contributed by atoms with E-state index in [1.54, 1.807) is 42.5 Å². The molecule has 25 heavy (non-hydrogen) atoms. The monoisotopic (exact) mass is 360 g/mol. The van der Waals surface area contributed by atoms with E-state index in [1.165, 1.54) is 6.92 Å². The van der Waals surface area contributed by atoms with E-state index in [1.807, 2.05) is 13.0 Å². The summed E-state index contributed by atoms with van der Waals surface area (Å²) >= 11 is 6.01. The number of carbonyl (C=O) groups is 2. The minimum Gasteiger partial charge on any atom is -0.494 e. The summed E-state index contributed by atoms with van der Waals surface area (Å²) in [6.07, 6.45) is 0.104. The van der Waals surface area contributed by atoms with E-state index in [0.29, 0.717) is 17.3 Å². The van der Waals surface area contributed by atoms with Gasteiger partial charge >= 0.3 is 0 Å². The highest BCUT2D eigenvalue weighted by Crippen LogP contribution is 2.22. The van der Waals surface area contributed by atoms with Gasteiger partial charge in [-0.15, -0.1) is 0 Å². The van der Waals surface area contributed by atoms with E-state index in [9.17, 15) is 9.59 Å². The lowest BCUT2D eigenvalue weighted by molar-refractivity contribution is -0.120. The number of anilines is 1. The average molecular weight is 361 g/mol. The molecule has 0 heterocycles. The molecule has 1 atom stereocenters. The van der Waals surface area contributed by atoms with Gasteiger partial charge in [0.25, 0.3) is 0 Å². The largest absolute Gasteiger partial charge is 0.494 e. The number of hydrogen-bond acceptors (Lipinski definition) is 3. The number of hydrogen-bond donors (Lipinski definition) is 2. The lowest BCUT2D eigenvalue weighted by Gasteiger charge is -2.18. The van der Waals surface area contributed by atoms with Crippen LogP contribution in [0, 0.1) is 0 Å². The maximum Gasteiger partial charge on any atom is 0.226 e. The van der Waals surface area contributed by atoms with Crippen molar-refractivity contribution in [2.75, 3.05) is 11.9 Å². The van der Waals surface area contributed by atoms with Crippen LogP contribution >= 0.6 is 11.6 Å². The van der Waals surface area contributed by atoms with Gasteiger partial charge < -0.3 is 15.4 Å². The molecule has 132 valence electrons. The van der Waals surface area contributed by atoms with Gasteiger partial charge in [-0.3, -0.25) is 9.59 Å². The zero-order valence-corrected chi connectivity index (χ0v) is 15.0. The number of halogens is 1. The molecule has 0 bridgehead atoms. The molecule has 0 fully saturated rings. The first kappa shape index (κ1) is 18.8. The summed E-state index contributed by atoms with van der Waals surface area (Å²) < 4.78 is 5.37. The van der Waals surface area contributed by atoms with Crippen molar-refractivity contribution in [2.24, 2.45) is 0 Å². The van der Waals surface area contributed by atoms with Crippen LogP contribution in [0.15, 0.2) is 48.5 Å². The second-order valence-corrected chi connectivity index (χ2v) is 5.95. The summed E-state index contributed by atoms with van der Waals surface area (Å²) in [5.41, 5.74) is 1.45. The topological polar surface area (TPSA) is 67.4 Å². The Morgan fingerprint density at radius 3 is 2.48 bits per heavy atom. The molecule has 0 aliphatic carbocycles. The van der Waals surface area contributed by atoms with Crippen molar-refractivity contribution in [3.8, 4) is 5.75 Å². The van der Waals surface area contributed by atoms with Crippen LogP contribution in [-0.4, -0.2) is 18.4 Å². The van der Waals surface area contributed by atoms with E-state index in [-0.39, 0.29) is 18.2 Å². The molecule has 0 spiro atoms. The molecule has 0 radical (unpaired) electrons. The van der Waals surface area contributed by atoms with Crippen molar-refractivity contribution < 1.29 is 14.3 Å². The van der Waals surface area contributed by atoms with Crippen molar-refractivity contribution in [1.82, 2.24) is 5.32 Å². The predicted molar refractivity (Wildman–Crippen MR) is 98.9 cm³/mol. The molecule has 0 aromatic heterocycles. The molecule has 2 aromatic carbocycles. The molecule has 0 saturated carbocycles. The molecule has 6 heteroatoms. The lowest BCUT2D eigenvalue weighted by Crippen LogP contribution is -2.29. The number of amides is 2. The van der Waals surface area contributed by atoms with Gasteiger partial charge in [0, 0.05) is 17.6 Å². The fraction of sp³-hybridized carbons (Fsp3) is 0.263. The van der Waals surface area contributed by atoms with Crippen molar-refractivity contribution in [2.45, 2.75) is 26.3 Å². The van der Waals surface area contributed by atoms with Crippen molar-refractivity contribution >= 4 is 29.1 Å². The summed E-state index contributed by atoms with van der Waals surface area (Å²) in [6.45, 7) is 3.92. The van der Waals surface area contributed by atoms with Gasteiger partial charge in [0.2, 0.25) is 11.8 Å². The molecule has 2 aromatic rings. The first-order valence-corrected chi connectivity index (χ1v) is 8.41. The summed E-state index contributed by atoms with van der Waals surface area (Å²) in [4.78, 5) is 23.8.